The van der Waals surface area contributed by atoms with Gasteiger partial charge in [0.25, 0.3) is 5.69 Å². The number of oxime groups is 1. The molecule has 0 aliphatic rings. The Kier molecular flexibility index (Phi) is 3.56. The van der Waals surface area contributed by atoms with Gasteiger partial charge in [0.1, 0.15) is 0 Å². The molecular weight excluding hydrogens is 196 g/mol. The van der Waals surface area contributed by atoms with Gasteiger partial charge in [0.2, 0.25) is 0 Å². The lowest BCUT2D eigenvalue weighted by Crippen LogP contribution is -1.91. The SMILES string of the molecule is CC(C=Cc1ccccc1[N+](=O)[O-])=NO. The zero-order valence-corrected chi connectivity index (χ0v) is 8.12. The molecule has 0 spiro atoms. The van der Waals surface area contributed by atoms with E-state index in [4.69, 9.17) is 5.21 Å². The molecule has 1 aromatic carbocycles. The van der Waals surface area contributed by atoms with Gasteiger partial charge in [0.15, 0.2) is 0 Å². The summed E-state index contributed by atoms with van der Waals surface area (Å²) in [6.45, 7) is 1.59. The maximum absolute atomic E-state index is 10.6. The van der Waals surface area contributed by atoms with Crippen LogP contribution in [-0.4, -0.2) is 15.8 Å². The van der Waals surface area contributed by atoms with E-state index in [1.54, 1.807) is 25.1 Å². The molecule has 1 aromatic rings. The topological polar surface area (TPSA) is 75.7 Å². The lowest BCUT2D eigenvalue weighted by Gasteiger charge is -1.95. The predicted octanol–water partition coefficient (Wildman–Crippen LogP) is 2.46. The highest BCUT2D eigenvalue weighted by Gasteiger charge is 2.08. The number of rotatable bonds is 3. The summed E-state index contributed by atoms with van der Waals surface area (Å²) in [5.74, 6) is 0. The van der Waals surface area contributed by atoms with Crippen molar-refractivity contribution in [3.05, 3.63) is 46.0 Å². The van der Waals surface area contributed by atoms with E-state index in [1.165, 1.54) is 18.2 Å². The standard InChI is InChI=1S/C10H10N2O3/c1-8(11-13)6-7-9-4-2-3-5-10(9)12(14)15/h2-7,13H,1H3. The summed E-state index contributed by atoms with van der Waals surface area (Å²) in [6, 6.07) is 6.35. The first-order chi connectivity index (χ1) is 7.15. The molecule has 0 aliphatic carbocycles. The summed E-state index contributed by atoms with van der Waals surface area (Å²) in [4.78, 5) is 10.2. The number of benzene rings is 1. The molecule has 1 rings (SSSR count). The van der Waals surface area contributed by atoms with Crippen LogP contribution in [0.5, 0.6) is 0 Å². The molecule has 78 valence electrons. The van der Waals surface area contributed by atoms with Gasteiger partial charge < -0.3 is 5.21 Å². The average molecular weight is 206 g/mol. The third-order valence-electron chi connectivity index (χ3n) is 1.80. The van der Waals surface area contributed by atoms with Crippen LogP contribution < -0.4 is 0 Å². The van der Waals surface area contributed by atoms with E-state index in [0.717, 1.165) is 0 Å². The molecule has 0 unspecified atom stereocenters. The smallest absolute Gasteiger partial charge is 0.276 e. The Hall–Kier alpha value is -2.17. The van der Waals surface area contributed by atoms with Crippen LogP contribution >= 0.6 is 0 Å². The van der Waals surface area contributed by atoms with Gasteiger partial charge in [-0.25, -0.2) is 0 Å². The zero-order valence-electron chi connectivity index (χ0n) is 8.12. The molecule has 0 saturated carbocycles. The fraction of sp³-hybridized carbons (Fsp3) is 0.100. The Morgan fingerprint density at radius 1 is 1.53 bits per heavy atom. The normalized spacial score (nSPS) is 11.9. The van der Waals surface area contributed by atoms with Crippen LogP contribution in [0.1, 0.15) is 12.5 Å². The van der Waals surface area contributed by atoms with Crippen LogP contribution in [0, 0.1) is 10.1 Å². The largest absolute Gasteiger partial charge is 0.411 e. The molecule has 0 fully saturated rings. The van der Waals surface area contributed by atoms with Crippen molar-refractivity contribution in [2.45, 2.75) is 6.92 Å². The lowest BCUT2D eigenvalue weighted by atomic mass is 10.1. The monoisotopic (exact) mass is 206 g/mol. The molecule has 0 atom stereocenters. The quantitative estimate of drug-likeness (QED) is 0.357. The molecule has 0 saturated heterocycles. The highest BCUT2D eigenvalue weighted by molar-refractivity contribution is 5.96. The molecule has 5 heteroatoms. The van der Waals surface area contributed by atoms with Crippen molar-refractivity contribution >= 4 is 17.5 Å². The van der Waals surface area contributed by atoms with Crippen molar-refractivity contribution in [1.82, 2.24) is 0 Å². The molecular formula is C10H10N2O3. The molecule has 0 radical (unpaired) electrons. The number of allylic oxidation sites excluding steroid dienone is 1. The Balaban J connectivity index is 3.04. The van der Waals surface area contributed by atoms with Crippen molar-refractivity contribution in [2.75, 3.05) is 0 Å². The van der Waals surface area contributed by atoms with E-state index in [-0.39, 0.29) is 5.69 Å². The first kappa shape index (κ1) is 10.9. The van der Waals surface area contributed by atoms with Crippen LogP contribution in [0.25, 0.3) is 6.08 Å². The Bertz CT molecular complexity index is 424. The summed E-state index contributed by atoms with van der Waals surface area (Å²) in [5, 5.41) is 22.0. The van der Waals surface area contributed by atoms with Gasteiger partial charge >= 0.3 is 0 Å². The summed E-state index contributed by atoms with van der Waals surface area (Å²) in [7, 11) is 0. The van der Waals surface area contributed by atoms with Gasteiger partial charge in [0, 0.05) is 6.07 Å². The summed E-state index contributed by atoms with van der Waals surface area (Å²) in [6.07, 6.45) is 3.04. The fourth-order valence-corrected chi connectivity index (χ4v) is 1.04. The van der Waals surface area contributed by atoms with E-state index in [2.05, 4.69) is 5.16 Å². The highest BCUT2D eigenvalue weighted by atomic mass is 16.6. The second-order valence-electron chi connectivity index (χ2n) is 2.89. The Morgan fingerprint density at radius 2 is 2.20 bits per heavy atom. The summed E-state index contributed by atoms with van der Waals surface area (Å²) < 4.78 is 0. The first-order valence-electron chi connectivity index (χ1n) is 4.25. The van der Waals surface area contributed by atoms with Crippen LogP contribution in [0.15, 0.2) is 35.5 Å². The van der Waals surface area contributed by atoms with Gasteiger partial charge in [-0.15, -0.1) is 0 Å². The van der Waals surface area contributed by atoms with E-state index in [9.17, 15) is 10.1 Å². The van der Waals surface area contributed by atoms with Gasteiger partial charge in [-0.2, -0.15) is 0 Å². The van der Waals surface area contributed by atoms with Crippen LogP contribution in [0.2, 0.25) is 0 Å². The molecule has 5 nitrogen and oxygen atoms in total. The zero-order chi connectivity index (χ0) is 11.3. The van der Waals surface area contributed by atoms with Gasteiger partial charge in [-0.1, -0.05) is 17.3 Å². The minimum absolute atomic E-state index is 0.0273. The minimum Gasteiger partial charge on any atom is -0.411 e. The molecule has 0 amide bonds. The van der Waals surface area contributed by atoms with Crippen LogP contribution in [0.4, 0.5) is 5.69 Å². The number of nitrogens with zero attached hydrogens (tertiary/aromatic N) is 2. The molecule has 15 heavy (non-hydrogen) atoms. The number of hydrogen-bond donors (Lipinski definition) is 1. The van der Waals surface area contributed by atoms with Crippen molar-refractivity contribution in [3.8, 4) is 0 Å². The van der Waals surface area contributed by atoms with Crippen molar-refractivity contribution in [1.29, 1.82) is 0 Å². The third kappa shape index (κ3) is 2.91. The van der Waals surface area contributed by atoms with Gasteiger partial charge in [-0.3, -0.25) is 10.1 Å². The minimum atomic E-state index is -0.453. The van der Waals surface area contributed by atoms with Gasteiger partial charge in [0.05, 0.1) is 16.2 Å². The lowest BCUT2D eigenvalue weighted by molar-refractivity contribution is -0.385. The highest BCUT2D eigenvalue weighted by Crippen LogP contribution is 2.18. The molecule has 0 heterocycles. The maximum atomic E-state index is 10.6. The average Bonchev–Trinajstić information content (AvgIpc) is 2.26. The second-order valence-corrected chi connectivity index (χ2v) is 2.89. The molecule has 1 N–H and O–H groups in total. The van der Waals surface area contributed by atoms with E-state index < -0.39 is 4.92 Å². The number of nitro groups is 1. The maximum Gasteiger partial charge on any atom is 0.276 e. The summed E-state index contributed by atoms with van der Waals surface area (Å²) in [5.41, 5.74) is 0.887. The summed E-state index contributed by atoms with van der Waals surface area (Å²) >= 11 is 0. The van der Waals surface area contributed by atoms with E-state index >= 15 is 0 Å². The van der Waals surface area contributed by atoms with E-state index in [1.807, 2.05) is 0 Å². The Labute approximate surface area is 86.5 Å². The fourth-order valence-electron chi connectivity index (χ4n) is 1.04. The second kappa shape index (κ2) is 4.90. The molecule has 0 bridgehead atoms. The van der Waals surface area contributed by atoms with Crippen molar-refractivity contribution in [3.63, 3.8) is 0 Å². The number of para-hydroxylation sites is 1. The number of nitro benzene ring substituents is 1. The third-order valence-corrected chi connectivity index (χ3v) is 1.80. The molecule has 0 aromatic heterocycles. The number of hydrogen-bond acceptors (Lipinski definition) is 4. The van der Waals surface area contributed by atoms with Crippen LogP contribution in [0.3, 0.4) is 0 Å². The Morgan fingerprint density at radius 3 is 2.80 bits per heavy atom. The van der Waals surface area contributed by atoms with Crippen molar-refractivity contribution < 1.29 is 10.1 Å². The first-order valence-corrected chi connectivity index (χ1v) is 4.25. The predicted molar refractivity (Wildman–Crippen MR) is 57.0 cm³/mol. The van der Waals surface area contributed by atoms with Crippen molar-refractivity contribution in [2.24, 2.45) is 5.16 Å². The van der Waals surface area contributed by atoms with Gasteiger partial charge in [-0.05, 0) is 25.1 Å². The van der Waals surface area contributed by atoms with E-state index in [0.29, 0.717) is 11.3 Å². The molecule has 0 aliphatic heterocycles. The van der Waals surface area contributed by atoms with Crippen LogP contribution in [-0.2, 0) is 0 Å².